The number of likely N-dealkylation sites (tertiary alicyclic amines) is 1. The Balaban J connectivity index is 0.947. The highest BCUT2D eigenvalue weighted by molar-refractivity contribution is 7.81. The number of carbonyl (C=O) groups excluding carboxylic acids is 4. The molecule has 3 heterocycles. The molecule has 2 aliphatic heterocycles. The number of thiocarbonyl (C=S) groups is 1. The first-order valence-corrected chi connectivity index (χ1v) is 23.4. The molecule has 0 bridgehead atoms. The molecule has 2 fully saturated rings. The fraction of sp³-hybridized carbons (Fsp3) is 0.438. The number of nitrogens with zero attached hydrogens (tertiary/aromatic N) is 5. The summed E-state index contributed by atoms with van der Waals surface area (Å²) in [5, 5.41) is 14.9. The molecule has 362 valence electrons. The third-order valence-electron chi connectivity index (χ3n) is 11.4. The standard InChI is InChI=1S/C48H54F3N7O8S2/c1-6-8-39(55-31(3)59)44(61)56-18-7-9-40(56)43(60)53-28-34-11-10-32(42-30(2)54-29-68-42)25-41(34)66-24-22-64-20-19-63-21-23-65-37-16-14-35(15-17-37)58-46(67)57(45(62)47(58,4)5)36-13-12-33(27-52)38(26-36)48(49,50)51/h10-17,25-26,29,39-40H,6-9,18-24,28H2,1-5H3,(H,53,60)(H,55,59)/t39-,40-/m0/s1. The second-order valence-electron chi connectivity index (χ2n) is 16.6. The number of aromatic nitrogens is 1. The van der Waals surface area contributed by atoms with Gasteiger partial charge in [-0.3, -0.25) is 24.1 Å². The number of anilines is 2. The van der Waals surface area contributed by atoms with Crippen molar-refractivity contribution in [3.05, 3.63) is 88.6 Å². The van der Waals surface area contributed by atoms with Crippen LogP contribution in [0.2, 0.25) is 0 Å². The number of hydrogen-bond acceptors (Lipinski definition) is 12. The summed E-state index contributed by atoms with van der Waals surface area (Å²) in [5.41, 5.74) is 1.82. The molecule has 15 nitrogen and oxygen atoms in total. The van der Waals surface area contributed by atoms with Gasteiger partial charge < -0.3 is 39.4 Å². The van der Waals surface area contributed by atoms with E-state index >= 15 is 0 Å². The molecule has 6 rings (SSSR count). The number of ether oxygens (including phenoxy) is 4. The monoisotopic (exact) mass is 977 g/mol. The van der Waals surface area contributed by atoms with Crippen LogP contribution in [0.3, 0.4) is 0 Å². The zero-order valence-electron chi connectivity index (χ0n) is 38.4. The quantitative estimate of drug-likeness (QED) is 0.0630. The fourth-order valence-electron chi connectivity index (χ4n) is 8.05. The number of nitriles is 1. The van der Waals surface area contributed by atoms with Gasteiger partial charge >= 0.3 is 6.18 Å². The Labute approximate surface area is 402 Å². The van der Waals surface area contributed by atoms with Gasteiger partial charge in [-0.1, -0.05) is 25.5 Å². The molecule has 3 aromatic carbocycles. The summed E-state index contributed by atoms with van der Waals surface area (Å²) >= 11 is 7.14. The van der Waals surface area contributed by atoms with Crippen molar-refractivity contribution in [1.82, 2.24) is 20.5 Å². The molecule has 0 spiro atoms. The molecule has 0 saturated carbocycles. The molecular formula is C48H54F3N7O8S2. The average molecular weight is 978 g/mol. The van der Waals surface area contributed by atoms with Crippen LogP contribution in [-0.2, 0) is 41.4 Å². The minimum atomic E-state index is -4.80. The van der Waals surface area contributed by atoms with Crippen molar-refractivity contribution >= 4 is 63.7 Å². The first-order chi connectivity index (χ1) is 32.5. The van der Waals surface area contributed by atoms with Crippen molar-refractivity contribution in [3.8, 4) is 28.0 Å². The van der Waals surface area contributed by atoms with Gasteiger partial charge in [-0.05, 0) is 106 Å². The van der Waals surface area contributed by atoms with Gasteiger partial charge in [-0.2, -0.15) is 18.4 Å². The van der Waals surface area contributed by atoms with Crippen molar-refractivity contribution in [2.24, 2.45) is 0 Å². The maximum atomic E-state index is 13.7. The number of rotatable bonds is 21. The number of hydrogen-bond donors (Lipinski definition) is 2. The molecule has 2 N–H and O–H groups in total. The van der Waals surface area contributed by atoms with E-state index in [9.17, 15) is 37.6 Å². The van der Waals surface area contributed by atoms with Crippen LogP contribution in [0, 0.1) is 18.3 Å². The highest BCUT2D eigenvalue weighted by Crippen LogP contribution is 2.40. The smallest absolute Gasteiger partial charge is 0.417 e. The van der Waals surface area contributed by atoms with Crippen LogP contribution in [0.1, 0.15) is 75.8 Å². The third-order valence-corrected chi connectivity index (χ3v) is 12.8. The van der Waals surface area contributed by atoms with E-state index < -0.39 is 40.8 Å². The van der Waals surface area contributed by atoms with Gasteiger partial charge in [0.25, 0.3) is 5.91 Å². The number of thiazole rings is 1. The minimum absolute atomic E-state index is 0.0133. The number of benzene rings is 3. The summed E-state index contributed by atoms with van der Waals surface area (Å²) in [6.45, 7) is 10.7. The molecule has 2 atom stereocenters. The van der Waals surface area contributed by atoms with Gasteiger partial charge in [0.05, 0.1) is 65.4 Å². The highest BCUT2D eigenvalue weighted by Gasteiger charge is 2.51. The lowest BCUT2D eigenvalue weighted by Crippen LogP contribution is -2.53. The van der Waals surface area contributed by atoms with E-state index in [0.717, 1.165) is 38.7 Å². The average Bonchev–Trinajstić information content (AvgIpc) is 4.02. The topological polar surface area (TPSA) is 176 Å². The molecule has 0 unspecified atom stereocenters. The normalized spacial score (nSPS) is 16.2. The van der Waals surface area contributed by atoms with E-state index in [1.807, 2.05) is 32.0 Å². The fourth-order valence-corrected chi connectivity index (χ4v) is 9.38. The van der Waals surface area contributed by atoms with Crippen LogP contribution in [0.15, 0.2) is 66.2 Å². The zero-order chi connectivity index (χ0) is 49.2. The lowest BCUT2D eigenvalue weighted by Gasteiger charge is -2.29. The molecular weight excluding hydrogens is 924 g/mol. The third kappa shape index (κ3) is 12.1. The molecule has 68 heavy (non-hydrogen) atoms. The van der Waals surface area contributed by atoms with Crippen LogP contribution >= 0.6 is 23.6 Å². The highest BCUT2D eigenvalue weighted by atomic mass is 32.1. The largest absolute Gasteiger partial charge is 0.491 e. The summed E-state index contributed by atoms with van der Waals surface area (Å²) in [4.78, 5) is 61.8. The van der Waals surface area contributed by atoms with Crippen LogP contribution in [0.25, 0.3) is 10.4 Å². The van der Waals surface area contributed by atoms with Crippen molar-refractivity contribution in [3.63, 3.8) is 0 Å². The van der Waals surface area contributed by atoms with Gasteiger partial charge in [-0.25, -0.2) is 4.98 Å². The number of nitrogens with one attached hydrogen (secondary N) is 2. The maximum Gasteiger partial charge on any atom is 0.417 e. The van der Waals surface area contributed by atoms with E-state index in [1.165, 1.54) is 24.3 Å². The Kier molecular flexibility index (Phi) is 17.2. The van der Waals surface area contributed by atoms with Crippen molar-refractivity contribution < 1.29 is 51.3 Å². The van der Waals surface area contributed by atoms with Crippen molar-refractivity contribution in [1.29, 1.82) is 5.26 Å². The van der Waals surface area contributed by atoms with Crippen molar-refractivity contribution in [2.75, 3.05) is 56.0 Å². The van der Waals surface area contributed by atoms with Crippen LogP contribution < -0.4 is 29.9 Å². The van der Waals surface area contributed by atoms with Gasteiger partial charge in [0.2, 0.25) is 17.7 Å². The summed E-state index contributed by atoms with van der Waals surface area (Å²) in [6, 6.07) is 15.8. The lowest BCUT2D eigenvalue weighted by molar-refractivity contribution is -0.141. The first-order valence-electron chi connectivity index (χ1n) is 22.2. The van der Waals surface area contributed by atoms with Crippen LogP contribution in [-0.4, -0.2) is 102 Å². The number of alkyl halides is 3. The van der Waals surface area contributed by atoms with E-state index in [2.05, 4.69) is 15.6 Å². The first kappa shape index (κ1) is 51.3. The lowest BCUT2D eigenvalue weighted by atomic mass is 10.0. The molecule has 0 radical (unpaired) electrons. The van der Waals surface area contributed by atoms with E-state index in [1.54, 1.807) is 59.5 Å². The molecule has 4 amide bonds. The Morgan fingerprint density at radius 1 is 0.985 bits per heavy atom. The Hall–Kier alpha value is -6.14. The Bertz CT molecular complexity index is 2510. The molecule has 2 saturated heterocycles. The number of halogens is 3. The van der Waals surface area contributed by atoms with Gasteiger partial charge in [0.1, 0.15) is 42.3 Å². The second kappa shape index (κ2) is 22.8. The predicted molar refractivity (Wildman–Crippen MR) is 253 cm³/mol. The van der Waals surface area contributed by atoms with Gasteiger partial charge in [0, 0.05) is 31.3 Å². The summed E-state index contributed by atoms with van der Waals surface area (Å²) in [6.07, 6.45) is -2.40. The van der Waals surface area contributed by atoms with Gasteiger partial charge in [-0.15, -0.1) is 11.3 Å². The summed E-state index contributed by atoms with van der Waals surface area (Å²) in [5.74, 6) is -0.252. The minimum Gasteiger partial charge on any atom is -0.491 e. The van der Waals surface area contributed by atoms with Crippen molar-refractivity contribution in [2.45, 2.75) is 90.6 Å². The summed E-state index contributed by atoms with van der Waals surface area (Å²) < 4.78 is 64.7. The molecule has 0 aliphatic carbocycles. The number of amides is 4. The van der Waals surface area contributed by atoms with Crippen LogP contribution in [0.5, 0.6) is 11.5 Å². The van der Waals surface area contributed by atoms with Crippen LogP contribution in [0.4, 0.5) is 24.5 Å². The summed E-state index contributed by atoms with van der Waals surface area (Å²) in [7, 11) is 0. The maximum absolute atomic E-state index is 13.7. The van der Waals surface area contributed by atoms with E-state index in [4.69, 9.17) is 31.2 Å². The van der Waals surface area contributed by atoms with Gasteiger partial charge in [0.15, 0.2) is 5.11 Å². The zero-order valence-corrected chi connectivity index (χ0v) is 40.1. The second-order valence-corrected chi connectivity index (χ2v) is 17.8. The number of carbonyl (C=O) groups is 4. The molecule has 2 aliphatic rings. The molecule has 1 aromatic heterocycles. The predicted octanol–water partition coefficient (Wildman–Crippen LogP) is 7.33. The SMILES string of the molecule is CCC[C@H](NC(C)=O)C(=O)N1CCC[C@H]1C(=O)NCc1ccc(-c2scnc2C)cc1OCCOCCOCCOc1ccc(N2C(=S)N(c3ccc(C#N)c(C(F)(F)F)c3)C(=O)C2(C)C)cc1. The molecule has 20 heteroatoms. The number of aryl methyl sites for hydroxylation is 1. The Morgan fingerprint density at radius 3 is 2.29 bits per heavy atom. The van der Waals surface area contributed by atoms with E-state index in [0.29, 0.717) is 62.6 Å². The molecule has 4 aromatic rings. The van der Waals surface area contributed by atoms with E-state index in [-0.39, 0.29) is 61.5 Å². The Morgan fingerprint density at radius 2 is 1.66 bits per heavy atom.